The predicted octanol–water partition coefficient (Wildman–Crippen LogP) is 1.11. The molecule has 1 rings (SSSR count). The highest BCUT2D eigenvalue weighted by Crippen LogP contribution is 2.00. The minimum Gasteiger partial charge on any atom is -0.478 e. The molecule has 0 bridgehead atoms. The highest BCUT2D eigenvalue weighted by Gasteiger charge is 1.95. The molecule has 0 aliphatic heterocycles. The number of carbonyl (C=O) groups is 1. The molecule has 4 nitrogen and oxygen atoms in total. The van der Waals surface area contributed by atoms with Gasteiger partial charge in [-0.15, -0.1) is 0 Å². The lowest BCUT2D eigenvalue weighted by Crippen LogP contribution is -2.10. The predicted molar refractivity (Wildman–Crippen MR) is 52.5 cm³/mol. The Morgan fingerprint density at radius 1 is 1.57 bits per heavy atom. The molecule has 14 heavy (non-hydrogen) atoms. The van der Waals surface area contributed by atoms with Gasteiger partial charge in [0, 0.05) is 38.3 Å². The van der Waals surface area contributed by atoms with Crippen molar-refractivity contribution in [3.63, 3.8) is 0 Å². The van der Waals surface area contributed by atoms with Gasteiger partial charge >= 0.3 is 5.97 Å². The maximum absolute atomic E-state index is 10.2. The molecule has 0 fully saturated rings. The first-order valence-electron chi connectivity index (χ1n) is 4.19. The van der Waals surface area contributed by atoms with E-state index in [0.29, 0.717) is 6.54 Å². The molecular formula is C10H12N2O2. The number of aromatic nitrogens is 1. The van der Waals surface area contributed by atoms with Gasteiger partial charge in [0.25, 0.3) is 0 Å². The highest BCUT2D eigenvalue weighted by molar-refractivity contribution is 5.79. The standard InChI is InChI=1S/C10H12N2O2/c1-12(7-4-10(13)14)8-9-2-5-11-6-3-9/h2-7H,8H2,1H3,(H,13,14). The molecule has 0 spiro atoms. The zero-order valence-corrected chi connectivity index (χ0v) is 7.92. The molecule has 0 saturated carbocycles. The van der Waals surface area contributed by atoms with E-state index in [2.05, 4.69) is 4.98 Å². The van der Waals surface area contributed by atoms with Crippen molar-refractivity contribution in [1.29, 1.82) is 0 Å². The van der Waals surface area contributed by atoms with Crippen LogP contribution < -0.4 is 0 Å². The van der Waals surface area contributed by atoms with Crippen LogP contribution >= 0.6 is 0 Å². The Balaban J connectivity index is 2.49. The normalized spacial score (nSPS) is 10.4. The summed E-state index contributed by atoms with van der Waals surface area (Å²) in [4.78, 5) is 15.9. The number of rotatable bonds is 4. The van der Waals surface area contributed by atoms with Crippen LogP contribution in [0.5, 0.6) is 0 Å². The van der Waals surface area contributed by atoms with Crippen molar-refractivity contribution in [3.8, 4) is 0 Å². The largest absolute Gasteiger partial charge is 0.478 e. The fraction of sp³-hybridized carbons (Fsp3) is 0.200. The summed E-state index contributed by atoms with van der Waals surface area (Å²) in [7, 11) is 1.82. The Hall–Kier alpha value is -1.84. The maximum Gasteiger partial charge on any atom is 0.329 e. The third-order valence-electron chi connectivity index (χ3n) is 1.65. The van der Waals surface area contributed by atoms with Crippen LogP contribution in [0.4, 0.5) is 0 Å². The summed E-state index contributed by atoms with van der Waals surface area (Å²) in [5.41, 5.74) is 1.09. The summed E-state index contributed by atoms with van der Waals surface area (Å²) in [5.74, 6) is -0.938. The quantitative estimate of drug-likeness (QED) is 0.726. The third kappa shape index (κ3) is 3.71. The van der Waals surface area contributed by atoms with E-state index in [1.807, 2.05) is 19.2 Å². The molecule has 0 unspecified atom stereocenters. The van der Waals surface area contributed by atoms with Crippen LogP contribution in [0.2, 0.25) is 0 Å². The topological polar surface area (TPSA) is 53.4 Å². The summed E-state index contributed by atoms with van der Waals surface area (Å²) in [6.07, 6.45) is 6.07. The van der Waals surface area contributed by atoms with Gasteiger partial charge in [0.05, 0.1) is 0 Å². The first kappa shape index (κ1) is 10.2. The van der Waals surface area contributed by atoms with Crippen LogP contribution in [-0.4, -0.2) is 28.0 Å². The molecule has 4 heteroatoms. The molecule has 0 saturated heterocycles. The highest BCUT2D eigenvalue weighted by atomic mass is 16.4. The minimum absolute atomic E-state index is 0.673. The van der Waals surface area contributed by atoms with E-state index in [0.717, 1.165) is 11.6 Å². The SMILES string of the molecule is CN(C=CC(=O)O)Cc1ccncc1. The van der Waals surface area contributed by atoms with Gasteiger partial charge in [-0.2, -0.15) is 0 Å². The van der Waals surface area contributed by atoms with Gasteiger partial charge in [0.2, 0.25) is 0 Å². The van der Waals surface area contributed by atoms with Crippen LogP contribution in [0, 0.1) is 0 Å². The number of hydrogen-bond acceptors (Lipinski definition) is 3. The maximum atomic E-state index is 10.2. The summed E-state index contributed by atoms with van der Waals surface area (Å²) < 4.78 is 0. The van der Waals surface area contributed by atoms with Crippen LogP contribution in [0.25, 0.3) is 0 Å². The number of carboxylic acids is 1. The van der Waals surface area contributed by atoms with Crippen molar-refractivity contribution in [2.75, 3.05) is 7.05 Å². The van der Waals surface area contributed by atoms with Gasteiger partial charge < -0.3 is 10.0 Å². The summed E-state index contributed by atoms with van der Waals surface area (Å²) in [5, 5.41) is 8.40. The second-order valence-electron chi connectivity index (χ2n) is 2.92. The van der Waals surface area contributed by atoms with E-state index in [4.69, 9.17) is 5.11 Å². The zero-order valence-electron chi connectivity index (χ0n) is 7.92. The molecule has 0 atom stereocenters. The third-order valence-corrected chi connectivity index (χ3v) is 1.65. The molecule has 74 valence electrons. The van der Waals surface area contributed by atoms with E-state index in [1.54, 1.807) is 17.3 Å². The zero-order chi connectivity index (χ0) is 10.4. The van der Waals surface area contributed by atoms with Crippen molar-refractivity contribution in [2.45, 2.75) is 6.54 Å². The van der Waals surface area contributed by atoms with Gasteiger partial charge in [0.15, 0.2) is 0 Å². The number of nitrogens with zero attached hydrogens (tertiary/aromatic N) is 2. The van der Waals surface area contributed by atoms with Gasteiger partial charge in [-0.3, -0.25) is 4.98 Å². The first-order valence-corrected chi connectivity index (χ1v) is 4.19. The molecule has 1 N–H and O–H groups in total. The van der Waals surface area contributed by atoms with Crippen molar-refractivity contribution in [2.24, 2.45) is 0 Å². The molecular weight excluding hydrogens is 180 g/mol. The Labute approximate surface area is 82.5 Å². The van der Waals surface area contributed by atoms with Crippen molar-refractivity contribution >= 4 is 5.97 Å². The smallest absolute Gasteiger partial charge is 0.329 e. The molecule has 0 aliphatic carbocycles. The van der Waals surface area contributed by atoms with E-state index in [9.17, 15) is 4.79 Å². The Bertz CT molecular complexity index is 322. The van der Waals surface area contributed by atoms with Crippen molar-refractivity contribution in [1.82, 2.24) is 9.88 Å². The van der Waals surface area contributed by atoms with E-state index < -0.39 is 5.97 Å². The molecule has 0 aliphatic rings. The van der Waals surface area contributed by atoms with E-state index in [-0.39, 0.29) is 0 Å². The second-order valence-corrected chi connectivity index (χ2v) is 2.92. The Kier molecular flexibility index (Phi) is 3.67. The lowest BCUT2D eigenvalue weighted by atomic mass is 10.2. The minimum atomic E-state index is -0.938. The number of hydrogen-bond donors (Lipinski definition) is 1. The summed E-state index contributed by atoms with van der Waals surface area (Å²) >= 11 is 0. The van der Waals surface area contributed by atoms with Crippen LogP contribution in [-0.2, 0) is 11.3 Å². The lowest BCUT2D eigenvalue weighted by Gasteiger charge is -2.12. The molecule has 0 aromatic carbocycles. The van der Waals surface area contributed by atoms with Gasteiger partial charge in [-0.05, 0) is 17.7 Å². The number of carboxylic acid groups (broad SMARTS) is 1. The Morgan fingerprint density at radius 2 is 2.21 bits per heavy atom. The van der Waals surface area contributed by atoms with Crippen LogP contribution in [0.3, 0.4) is 0 Å². The molecule has 1 heterocycles. The fourth-order valence-electron chi connectivity index (χ4n) is 1.02. The number of pyridine rings is 1. The van der Waals surface area contributed by atoms with Crippen molar-refractivity contribution < 1.29 is 9.90 Å². The molecule has 1 aromatic heterocycles. The monoisotopic (exact) mass is 192 g/mol. The first-order chi connectivity index (χ1) is 6.68. The lowest BCUT2D eigenvalue weighted by molar-refractivity contribution is -0.131. The van der Waals surface area contributed by atoms with Gasteiger partial charge in [0.1, 0.15) is 0 Å². The van der Waals surface area contributed by atoms with Crippen LogP contribution in [0.15, 0.2) is 36.8 Å². The van der Waals surface area contributed by atoms with Crippen LogP contribution in [0.1, 0.15) is 5.56 Å². The Morgan fingerprint density at radius 3 is 2.79 bits per heavy atom. The average molecular weight is 192 g/mol. The van der Waals surface area contributed by atoms with Crippen molar-refractivity contribution in [3.05, 3.63) is 42.4 Å². The molecule has 1 aromatic rings. The summed E-state index contributed by atoms with van der Waals surface area (Å²) in [6, 6.07) is 3.79. The fourth-order valence-corrected chi connectivity index (χ4v) is 1.02. The van der Waals surface area contributed by atoms with Gasteiger partial charge in [-0.25, -0.2) is 4.79 Å². The molecule has 0 radical (unpaired) electrons. The second kappa shape index (κ2) is 5.01. The average Bonchev–Trinajstić information content (AvgIpc) is 2.16. The van der Waals surface area contributed by atoms with Gasteiger partial charge in [-0.1, -0.05) is 0 Å². The number of aliphatic carboxylic acids is 1. The van der Waals surface area contributed by atoms with E-state index in [1.165, 1.54) is 6.20 Å². The molecule has 0 amide bonds. The van der Waals surface area contributed by atoms with E-state index >= 15 is 0 Å². The summed E-state index contributed by atoms with van der Waals surface area (Å²) in [6.45, 7) is 0.673.